The summed E-state index contributed by atoms with van der Waals surface area (Å²) in [5.41, 5.74) is -0.764. The summed E-state index contributed by atoms with van der Waals surface area (Å²) < 4.78 is 0. The van der Waals surface area contributed by atoms with Gasteiger partial charge in [-0.15, -0.1) is 0 Å². The maximum Gasteiger partial charge on any atom is 0.240 e. The molecule has 1 saturated carbocycles. The SMILES string of the molecule is CC1CN(C)CCC1NC(=O)C1(C#N)CCCCCC1. The monoisotopic (exact) mass is 277 g/mol. The van der Waals surface area contributed by atoms with Gasteiger partial charge in [0.1, 0.15) is 5.41 Å². The van der Waals surface area contributed by atoms with Gasteiger partial charge < -0.3 is 10.2 Å². The molecule has 112 valence electrons. The lowest BCUT2D eigenvalue weighted by Crippen LogP contribution is -2.52. The Hall–Kier alpha value is -1.08. The molecule has 2 rings (SSSR count). The molecule has 20 heavy (non-hydrogen) atoms. The van der Waals surface area contributed by atoms with Crippen molar-refractivity contribution < 1.29 is 4.79 Å². The third kappa shape index (κ3) is 3.32. The number of carbonyl (C=O) groups is 1. The van der Waals surface area contributed by atoms with Gasteiger partial charge in [-0.25, -0.2) is 0 Å². The minimum atomic E-state index is -0.764. The summed E-state index contributed by atoms with van der Waals surface area (Å²) in [4.78, 5) is 15.0. The standard InChI is InChI=1S/C16H27N3O/c1-13-11-19(2)10-7-14(13)18-15(20)16(12-17)8-5-3-4-6-9-16/h13-14H,3-11H2,1-2H3,(H,18,20). The summed E-state index contributed by atoms with van der Waals surface area (Å²) in [6.07, 6.45) is 6.77. The van der Waals surface area contributed by atoms with Gasteiger partial charge in [0.15, 0.2) is 0 Å². The van der Waals surface area contributed by atoms with Gasteiger partial charge in [0.2, 0.25) is 5.91 Å². The van der Waals surface area contributed by atoms with Crippen LogP contribution in [0.4, 0.5) is 0 Å². The second kappa shape index (κ2) is 6.58. The largest absolute Gasteiger partial charge is 0.352 e. The van der Waals surface area contributed by atoms with Crippen molar-refractivity contribution >= 4 is 5.91 Å². The van der Waals surface area contributed by atoms with Crippen LogP contribution in [0.1, 0.15) is 51.9 Å². The van der Waals surface area contributed by atoms with Crippen LogP contribution in [0.2, 0.25) is 0 Å². The van der Waals surface area contributed by atoms with Crippen LogP contribution in [0.25, 0.3) is 0 Å². The Kier molecular flexibility index (Phi) is 5.04. The predicted octanol–water partition coefficient (Wildman–Crippen LogP) is 2.31. The number of carbonyl (C=O) groups excluding carboxylic acids is 1. The lowest BCUT2D eigenvalue weighted by atomic mass is 9.80. The molecule has 1 aliphatic heterocycles. The smallest absolute Gasteiger partial charge is 0.240 e. The van der Waals surface area contributed by atoms with Gasteiger partial charge in [0.05, 0.1) is 6.07 Å². The molecule has 2 aliphatic rings. The molecule has 0 aromatic heterocycles. The van der Waals surface area contributed by atoms with Crippen molar-refractivity contribution in [1.29, 1.82) is 5.26 Å². The number of hydrogen-bond acceptors (Lipinski definition) is 3. The summed E-state index contributed by atoms with van der Waals surface area (Å²) in [6.45, 7) is 4.23. The van der Waals surface area contributed by atoms with E-state index < -0.39 is 5.41 Å². The molecule has 4 heteroatoms. The molecule has 1 N–H and O–H groups in total. The van der Waals surface area contributed by atoms with E-state index in [1.807, 2.05) is 0 Å². The fraction of sp³-hybridized carbons (Fsp3) is 0.875. The normalized spacial score (nSPS) is 31.1. The molecule has 1 amide bonds. The second-order valence-electron chi connectivity index (χ2n) is 6.72. The maximum atomic E-state index is 12.7. The van der Waals surface area contributed by atoms with Crippen molar-refractivity contribution in [3.63, 3.8) is 0 Å². The van der Waals surface area contributed by atoms with Gasteiger partial charge in [-0.05, 0) is 38.8 Å². The molecule has 0 bridgehead atoms. The molecular formula is C16H27N3O. The molecule has 1 heterocycles. The summed E-state index contributed by atoms with van der Waals surface area (Å²) >= 11 is 0. The van der Waals surface area contributed by atoms with Gasteiger partial charge in [0, 0.05) is 12.6 Å². The van der Waals surface area contributed by atoms with Crippen molar-refractivity contribution in [1.82, 2.24) is 10.2 Å². The zero-order chi connectivity index (χ0) is 14.6. The highest BCUT2D eigenvalue weighted by molar-refractivity contribution is 5.85. The van der Waals surface area contributed by atoms with Gasteiger partial charge in [-0.2, -0.15) is 5.26 Å². The Labute approximate surface area is 122 Å². The van der Waals surface area contributed by atoms with Crippen LogP contribution in [0, 0.1) is 22.7 Å². The topological polar surface area (TPSA) is 56.1 Å². The third-order valence-electron chi connectivity index (χ3n) is 5.03. The van der Waals surface area contributed by atoms with E-state index in [1.54, 1.807) is 0 Å². The van der Waals surface area contributed by atoms with Crippen molar-refractivity contribution in [2.75, 3.05) is 20.1 Å². The zero-order valence-electron chi connectivity index (χ0n) is 12.8. The van der Waals surface area contributed by atoms with Crippen LogP contribution in [-0.2, 0) is 4.79 Å². The number of nitrogens with zero attached hydrogens (tertiary/aromatic N) is 2. The first-order chi connectivity index (χ1) is 9.57. The molecule has 1 saturated heterocycles. The first-order valence-corrected chi connectivity index (χ1v) is 7.98. The van der Waals surface area contributed by atoms with Crippen LogP contribution in [0.3, 0.4) is 0 Å². The fourth-order valence-corrected chi connectivity index (χ4v) is 3.60. The van der Waals surface area contributed by atoms with Gasteiger partial charge in [-0.1, -0.05) is 32.6 Å². The van der Waals surface area contributed by atoms with E-state index in [4.69, 9.17) is 0 Å². The predicted molar refractivity (Wildman–Crippen MR) is 79.0 cm³/mol. The van der Waals surface area contributed by atoms with E-state index in [2.05, 4.69) is 30.3 Å². The lowest BCUT2D eigenvalue weighted by Gasteiger charge is -2.37. The molecule has 2 unspecified atom stereocenters. The highest BCUT2D eigenvalue weighted by atomic mass is 16.2. The Bertz CT molecular complexity index is 380. The average Bonchev–Trinajstić information content (AvgIpc) is 2.68. The van der Waals surface area contributed by atoms with E-state index in [0.29, 0.717) is 5.92 Å². The lowest BCUT2D eigenvalue weighted by molar-refractivity contribution is -0.130. The van der Waals surface area contributed by atoms with Crippen LogP contribution in [0.5, 0.6) is 0 Å². The summed E-state index contributed by atoms with van der Waals surface area (Å²) in [7, 11) is 2.12. The first-order valence-electron chi connectivity index (χ1n) is 7.98. The van der Waals surface area contributed by atoms with E-state index in [0.717, 1.165) is 58.0 Å². The second-order valence-corrected chi connectivity index (χ2v) is 6.72. The number of nitrogens with one attached hydrogen (secondary N) is 1. The Balaban J connectivity index is 2.00. The molecule has 1 aliphatic carbocycles. The average molecular weight is 277 g/mol. The minimum Gasteiger partial charge on any atom is -0.352 e. The number of piperidine rings is 1. The number of likely N-dealkylation sites (tertiary alicyclic amines) is 1. The third-order valence-corrected chi connectivity index (χ3v) is 5.03. The highest BCUT2D eigenvalue weighted by Crippen LogP contribution is 2.35. The molecule has 4 nitrogen and oxygen atoms in total. The Morgan fingerprint density at radius 1 is 1.30 bits per heavy atom. The zero-order valence-corrected chi connectivity index (χ0v) is 12.8. The molecule has 0 radical (unpaired) electrons. The van der Waals surface area contributed by atoms with Gasteiger partial charge >= 0.3 is 0 Å². The summed E-state index contributed by atoms with van der Waals surface area (Å²) in [5.74, 6) is 0.447. The minimum absolute atomic E-state index is 0.0108. The molecule has 0 aromatic rings. The number of nitriles is 1. The maximum absolute atomic E-state index is 12.7. The van der Waals surface area contributed by atoms with E-state index in [9.17, 15) is 10.1 Å². The number of amides is 1. The van der Waals surface area contributed by atoms with E-state index in [1.165, 1.54) is 0 Å². The van der Waals surface area contributed by atoms with Crippen molar-refractivity contribution in [2.45, 2.75) is 57.9 Å². The quantitative estimate of drug-likeness (QED) is 0.788. The molecule has 0 spiro atoms. The molecule has 0 aromatic carbocycles. The Morgan fingerprint density at radius 3 is 2.50 bits per heavy atom. The summed E-state index contributed by atoms with van der Waals surface area (Å²) in [6, 6.07) is 2.58. The molecular weight excluding hydrogens is 250 g/mol. The van der Waals surface area contributed by atoms with Crippen LogP contribution in [-0.4, -0.2) is 37.0 Å². The van der Waals surface area contributed by atoms with Gasteiger partial charge in [0.25, 0.3) is 0 Å². The van der Waals surface area contributed by atoms with Crippen molar-refractivity contribution in [2.24, 2.45) is 11.3 Å². The molecule has 2 atom stereocenters. The van der Waals surface area contributed by atoms with Gasteiger partial charge in [-0.3, -0.25) is 4.79 Å². The van der Waals surface area contributed by atoms with Crippen LogP contribution >= 0.6 is 0 Å². The fourth-order valence-electron chi connectivity index (χ4n) is 3.60. The molecule has 2 fully saturated rings. The summed E-state index contributed by atoms with van der Waals surface area (Å²) in [5, 5.41) is 12.7. The van der Waals surface area contributed by atoms with E-state index >= 15 is 0 Å². The number of rotatable bonds is 2. The van der Waals surface area contributed by atoms with Crippen molar-refractivity contribution in [3.8, 4) is 6.07 Å². The highest BCUT2D eigenvalue weighted by Gasteiger charge is 2.40. The Morgan fingerprint density at radius 2 is 1.95 bits per heavy atom. The van der Waals surface area contributed by atoms with Crippen LogP contribution < -0.4 is 5.32 Å². The first kappa shape index (κ1) is 15.3. The van der Waals surface area contributed by atoms with E-state index in [-0.39, 0.29) is 11.9 Å². The number of hydrogen-bond donors (Lipinski definition) is 1. The van der Waals surface area contributed by atoms with Crippen LogP contribution in [0.15, 0.2) is 0 Å². The van der Waals surface area contributed by atoms with Crippen molar-refractivity contribution in [3.05, 3.63) is 0 Å².